The van der Waals surface area contributed by atoms with Gasteiger partial charge in [0.15, 0.2) is 11.4 Å². The highest BCUT2D eigenvalue weighted by Crippen LogP contribution is 2.52. The second kappa shape index (κ2) is 21.2. The summed E-state index contributed by atoms with van der Waals surface area (Å²) in [5.41, 5.74) is -3.55. The van der Waals surface area contributed by atoms with Crippen molar-refractivity contribution in [3.8, 4) is 0 Å². The van der Waals surface area contributed by atoms with Crippen LogP contribution in [0.25, 0.3) is 0 Å². The molecule has 67 heavy (non-hydrogen) atoms. The van der Waals surface area contributed by atoms with Crippen molar-refractivity contribution < 1.29 is 62.3 Å². The molecule has 4 aromatic rings. The maximum atomic E-state index is 14.3. The number of benzene rings is 2. The molecule has 4 heterocycles. The molecule has 0 saturated carbocycles. The third-order valence-electron chi connectivity index (χ3n) is 10.3. The first-order chi connectivity index (χ1) is 30.7. The van der Waals surface area contributed by atoms with E-state index >= 15 is 0 Å². The molecule has 2 fully saturated rings. The fraction of sp³-hybridized carbons (Fsp3) is 0.421. The Morgan fingerprint density at radius 3 is 1.27 bits per heavy atom. The van der Waals surface area contributed by atoms with Crippen LogP contribution in [0.2, 0.25) is 30.1 Å². The number of nitrogens with two attached hydrogens (primary N) is 1. The topological polar surface area (TPSA) is 130 Å². The van der Waals surface area contributed by atoms with Gasteiger partial charge in [0.25, 0.3) is 0 Å². The minimum atomic E-state index is -4.91. The predicted octanol–water partition coefficient (Wildman–Crippen LogP) is 12.2. The highest BCUT2D eigenvalue weighted by Gasteiger charge is 2.61. The van der Waals surface area contributed by atoms with E-state index in [1.807, 2.05) is 0 Å². The predicted molar refractivity (Wildman–Crippen MR) is 228 cm³/mol. The molecule has 1 amide bonds. The van der Waals surface area contributed by atoms with Gasteiger partial charge in [-0.25, -0.2) is 19.9 Å². The van der Waals surface area contributed by atoms with Crippen molar-refractivity contribution in [3.05, 3.63) is 100 Å². The fourth-order valence-corrected chi connectivity index (χ4v) is 8.17. The van der Waals surface area contributed by atoms with Crippen LogP contribution >= 0.6 is 81.2 Å². The summed E-state index contributed by atoms with van der Waals surface area (Å²) in [7, 11) is 0. The normalized spacial score (nSPS) is 18.8. The van der Waals surface area contributed by atoms with Crippen LogP contribution in [0.15, 0.2) is 36.7 Å². The van der Waals surface area contributed by atoms with Crippen molar-refractivity contribution in [2.75, 3.05) is 36.0 Å². The third kappa shape index (κ3) is 12.8. The second-order valence-electron chi connectivity index (χ2n) is 14.7. The van der Waals surface area contributed by atoms with Crippen LogP contribution in [-0.4, -0.2) is 69.6 Å². The molecule has 2 unspecified atom stereocenters. The summed E-state index contributed by atoms with van der Waals surface area (Å²) in [5, 5.41) is 0.965. The Morgan fingerprint density at radius 2 is 0.970 bits per heavy atom. The van der Waals surface area contributed by atoms with E-state index in [4.69, 9.17) is 75.3 Å². The van der Waals surface area contributed by atoms with Crippen molar-refractivity contribution in [1.29, 1.82) is 0 Å². The smallest absolute Gasteiger partial charge is 0.352 e. The SMILES string of the molecule is CC(=O)Cl.CC(=O)NCc1cnc(N2CCC(c3cc(Cl)c(Cl)c(Cl)c3)(C(F)(F)F)C2)nc1C(F)(F)F.NCc1cnc(N2CCC(c3cc(Cl)c(Cl)c(Cl)c3)(C(F)(F)F)C2)nc1C(F)(F)F. The van der Waals surface area contributed by atoms with Gasteiger partial charge >= 0.3 is 24.7 Å². The average Bonchev–Trinajstić information content (AvgIpc) is 3.88. The standard InChI is InChI=1S/C19H15Cl3F6N4O.C17H13Cl3F6N4.C2H3ClO/c1-9(33)29-6-10-7-30-16(31-15(10)18(23,24)25)32-3-2-17(8-32,19(26,27)28)11-4-12(20)14(22)13(21)5-11;18-10-3-9(4-11(19)12(10)20)15(17(24,25)26)1-2-30(7-15)14-28-6-8(5-27)13(29-14)16(21,22)23;1-2(3)4/h4-5,7H,2-3,6,8H2,1H3,(H,29,33);3-4,6H,1-2,5,7,27H2;1H3. The molecule has 368 valence electrons. The molecule has 29 heteroatoms. The lowest BCUT2D eigenvalue weighted by atomic mass is 9.79. The van der Waals surface area contributed by atoms with Gasteiger partial charge in [-0.1, -0.05) is 69.6 Å². The number of carbonyl (C=O) groups is 2. The minimum Gasteiger partial charge on any atom is -0.352 e. The van der Waals surface area contributed by atoms with Crippen LogP contribution in [0.3, 0.4) is 0 Å². The zero-order valence-electron chi connectivity index (χ0n) is 33.9. The summed E-state index contributed by atoms with van der Waals surface area (Å²) in [6.07, 6.45) is -18.5. The van der Waals surface area contributed by atoms with Gasteiger partial charge in [-0.05, 0) is 59.8 Å². The number of amides is 1. The number of rotatable bonds is 7. The number of hydrogen-bond donors (Lipinski definition) is 2. The number of anilines is 2. The van der Waals surface area contributed by atoms with Crippen LogP contribution in [0, 0.1) is 0 Å². The molecule has 0 spiro atoms. The van der Waals surface area contributed by atoms with Crippen molar-refractivity contribution in [3.63, 3.8) is 0 Å². The number of alkyl halides is 12. The molecule has 0 bridgehead atoms. The first-order valence-electron chi connectivity index (χ1n) is 18.6. The molecule has 2 aliphatic rings. The average molecular weight is 1110 g/mol. The zero-order valence-corrected chi connectivity index (χ0v) is 39.2. The molecule has 2 aliphatic heterocycles. The first-order valence-corrected chi connectivity index (χ1v) is 21.2. The number of hydrogen-bond acceptors (Lipinski definition) is 9. The Hall–Kier alpha value is -3.51. The maximum absolute atomic E-state index is 14.3. The van der Waals surface area contributed by atoms with Crippen LogP contribution in [0.5, 0.6) is 0 Å². The highest BCUT2D eigenvalue weighted by atomic mass is 35.5. The van der Waals surface area contributed by atoms with Gasteiger partial charge in [-0.2, -0.15) is 52.7 Å². The molecular weight excluding hydrogens is 1080 g/mol. The Kier molecular flexibility index (Phi) is 17.8. The van der Waals surface area contributed by atoms with Gasteiger partial charge in [-0.3, -0.25) is 9.59 Å². The number of carbonyl (C=O) groups excluding carboxylic acids is 2. The summed E-state index contributed by atoms with van der Waals surface area (Å²) < 4.78 is 166. The first kappa shape index (κ1) is 56.1. The van der Waals surface area contributed by atoms with E-state index in [-0.39, 0.29) is 65.2 Å². The van der Waals surface area contributed by atoms with Crippen molar-refractivity contribution in [2.24, 2.45) is 5.73 Å². The number of nitrogens with one attached hydrogen (secondary N) is 1. The van der Waals surface area contributed by atoms with Crippen LogP contribution in [0.4, 0.5) is 64.6 Å². The lowest BCUT2D eigenvalue weighted by Gasteiger charge is -2.32. The molecular formula is C38H31Cl7F12N8O2. The van der Waals surface area contributed by atoms with Crippen molar-refractivity contribution >= 4 is 104 Å². The van der Waals surface area contributed by atoms with Gasteiger partial charge in [0.05, 0.1) is 30.1 Å². The van der Waals surface area contributed by atoms with Crippen LogP contribution < -0.4 is 20.9 Å². The molecule has 2 aromatic heterocycles. The van der Waals surface area contributed by atoms with Gasteiger partial charge in [0.2, 0.25) is 23.0 Å². The molecule has 2 atom stereocenters. The molecule has 10 nitrogen and oxygen atoms in total. The Labute approximate surface area is 407 Å². The van der Waals surface area contributed by atoms with E-state index in [1.54, 1.807) is 0 Å². The van der Waals surface area contributed by atoms with Gasteiger partial charge < -0.3 is 20.9 Å². The summed E-state index contributed by atoms with van der Waals surface area (Å²) in [6, 6.07) is 4.22. The number of halogens is 19. The summed E-state index contributed by atoms with van der Waals surface area (Å²) >= 11 is 40.0. The van der Waals surface area contributed by atoms with Gasteiger partial charge in [0.1, 0.15) is 10.8 Å². The molecule has 0 radical (unpaired) electrons. The molecule has 3 N–H and O–H groups in total. The third-order valence-corrected chi connectivity index (χ3v) is 12.6. The quantitative estimate of drug-likeness (QED) is 0.106. The van der Waals surface area contributed by atoms with E-state index in [0.29, 0.717) is 0 Å². The van der Waals surface area contributed by atoms with E-state index < -0.39 is 109 Å². The molecule has 2 aromatic carbocycles. The molecule has 6 rings (SSSR count). The summed E-state index contributed by atoms with van der Waals surface area (Å²) in [5.74, 6) is -1.56. The van der Waals surface area contributed by atoms with Crippen LogP contribution in [0.1, 0.15) is 60.3 Å². The van der Waals surface area contributed by atoms with E-state index in [9.17, 15) is 62.3 Å². The summed E-state index contributed by atoms with van der Waals surface area (Å²) in [6.45, 7) is -0.532. The fourth-order valence-electron chi connectivity index (χ4n) is 6.97. The molecule has 0 aliphatic carbocycles. The lowest BCUT2D eigenvalue weighted by molar-refractivity contribution is -0.185. The van der Waals surface area contributed by atoms with Crippen molar-refractivity contribution in [2.45, 2.75) is 75.3 Å². The Morgan fingerprint density at radius 1 is 0.642 bits per heavy atom. The second-order valence-corrected chi connectivity index (χ2v) is 17.6. The van der Waals surface area contributed by atoms with E-state index in [1.165, 1.54) is 6.92 Å². The zero-order chi connectivity index (χ0) is 50.8. The number of aromatic nitrogens is 4. The van der Waals surface area contributed by atoms with Crippen molar-refractivity contribution in [1.82, 2.24) is 25.3 Å². The minimum absolute atomic E-state index is 0.0928. The van der Waals surface area contributed by atoms with Crippen LogP contribution in [-0.2, 0) is 45.9 Å². The Balaban J connectivity index is 0.000000272. The largest absolute Gasteiger partial charge is 0.433 e. The van der Waals surface area contributed by atoms with E-state index in [2.05, 4.69) is 36.9 Å². The lowest BCUT2D eigenvalue weighted by Crippen LogP contribution is -2.45. The number of nitrogens with zero attached hydrogens (tertiary/aromatic N) is 6. The van der Waals surface area contributed by atoms with Gasteiger partial charge in [-0.15, -0.1) is 0 Å². The summed E-state index contributed by atoms with van der Waals surface area (Å²) in [4.78, 5) is 36.9. The van der Waals surface area contributed by atoms with Gasteiger partial charge in [0, 0.05) is 76.6 Å². The monoisotopic (exact) mass is 1100 g/mol. The highest BCUT2D eigenvalue weighted by molar-refractivity contribution is 6.62. The Bertz CT molecular complexity index is 2430. The molecule has 2 saturated heterocycles. The van der Waals surface area contributed by atoms with E-state index in [0.717, 1.165) is 53.4 Å². The maximum Gasteiger partial charge on any atom is 0.433 e.